The Morgan fingerprint density at radius 1 is 0.323 bits per heavy atom. The summed E-state index contributed by atoms with van der Waals surface area (Å²) in [6.45, 7) is 14.6. The van der Waals surface area contributed by atoms with Crippen LogP contribution in [0.25, 0.3) is 124 Å². The van der Waals surface area contributed by atoms with E-state index in [1.165, 1.54) is 73.2 Å². The van der Waals surface area contributed by atoms with E-state index < -0.39 is 10.2 Å². The number of fused-ring (bicyclic) bond motifs is 5. The third-order valence-electron chi connectivity index (χ3n) is 16.6. The molecule has 4 unspecified atom stereocenters. The van der Waals surface area contributed by atoms with Gasteiger partial charge in [-0.1, -0.05) is 247 Å². The summed E-state index contributed by atoms with van der Waals surface area (Å²) in [4.78, 5) is 89.4. The first-order valence-electron chi connectivity index (χ1n) is 39.0. The van der Waals surface area contributed by atoms with Crippen molar-refractivity contribution in [2.24, 2.45) is 0 Å². The van der Waals surface area contributed by atoms with Crippen molar-refractivity contribution in [1.82, 2.24) is 79.7 Å². The largest absolute Gasteiger partial charge is 0.512 e. The fraction of sp³-hybridized carbons (Fsp3) is 0.0825. The first-order chi connectivity index (χ1) is 61.5. The van der Waals surface area contributed by atoms with Crippen LogP contribution in [0.5, 0.6) is 0 Å². The fourth-order valence-electron chi connectivity index (χ4n) is 11.1. The van der Waals surface area contributed by atoms with E-state index in [4.69, 9.17) is 28.8 Å². The summed E-state index contributed by atoms with van der Waals surface area (Å²) >= 11 is 0. The van der Waals surface area contributed by atoms with Crippen LogP contribution in [0.1, 0.15) is 27.7 Å². The first-order valence-corrected chi connectivity index (χ1v) is 46.2. The summed E-state index contributed by atoms with van der Waals surface area (Å²) in [5, 5.41) is 22.8. The van der Waals surface area contributed by atoms with E-state index in [2.05, 4.69) is 161 Å². The second kappa shape index (κ2) is 63.8. The quantitative estimate of drug-likeness (QED) is 0.0442. The van der Waals surface area contributed by atoms with Crippen LogP contribution in [0.15, 0.2) is 358 Å². The van der Waals surface area contributed by atoms with E-state index in [0.29, 0.717) is 29.1 Å². The van der Waals surface area contributed by atoms with Crippen molar-refractivity contribution in [2.45, 2.75) is 27.7 Å². The Morgan fingerprint density at radius 3 is 0.677 bits per heavy atom. The van der Waals surface area contributed by atoms with Gasteiger partial charge in [-0.2, -0.15) is 14.0 Å². The molecule has 11 aromatic heterocycles. The molecule has 0 bridgehead atoms. The smallest absolute Gasteiger partial charge is 0.155 e. The molecule has 697 valence electrons. The van der Waals surface area contributed by atoms with Gasteiger partial charge in [-0.15, -0.1) is 42.2 Å². The van der Waals surface area contributed by atoms with Gasteiger partial charge in [-0.25, -0.2) is 0 Å². The molecule has 19 rings (SSSR count). The summed E-state index contributed by atoms with van der Waals surface area (Å²) in [6, 6.07) is 97.9. The Hall–Kier alpha value is -10.3. The van der Waals surface area contributed by atoms with E-state index >= 15 is 0 Å². The van der Waals surface area contributed by atoms with Crippen molar-refractivity contribution in [2.75, 3.05) is 26.7 Å². The van der Waals surface area contributed by atoms with Gasteiger partial charge < -0.3 is 65.0 Å². The summed E-state index contributed by atoms with van der Waals surface area (Å²) in [7, 11) is -0.924. The molecule has 0 saturated carbocycles. The van der Waals surface area contributed by atoms with Gasteiger partial charge in [0.05, 0.1) is 54.9 Å². The van der Waals surface area contributed by atoms with Crippen molar-refractivity contribution in [3.8, 4) is 68.8 Å². The first kappa shape index (κ1) is 117. The summed E-state index contributed by atoms with van der Waals surface area (Å²) in [6.07, 6.45) is 12.8. The van der Waals surface area contributed by atoms with Crippen LogP contribution in [0.2, 0.25) is 0 Å². The fourth-order valence-corrected chi connectivity index (χ4v) is 15.1. The van der Waals surface area contributed by atoms with Crippen molar-refractivity contribution < 1.29 is 154 Å². The van der Waals surface area contributed by atoms with Gasteiger partial charge in [-0.3, -0.25) is 38.9 Å². The number of pyridine rings is 6. The summed E-state index contributed by atoms with van der Waals surface area (Å²) < 4.78 is 45.3. The van der Waals surface area contributed by atoms with Crippen LogP contribution < -0.4 is 60.1 Å². The van der Waals surface area contributed by atoms with E-state index in [1.54, 1.807) is 43.2 Å². The van der Waals surface area contributed by atoms with Gasteiger partial charge in [0.25, 0.3) is 0 Å². The van der Waals surface area contributed by atoms with Crippen molar-refractivity contribution >= 4 is 135 Å². The van der Waals surface area contributed by atoms with Crippen LogP contribution in [0.3, 0.4) is 0 Å². The maximum atomic E-state index is 12.6. The molecule has 0 fully saturated rings. The second-order valence-electron chi connectivity index (χ2n) is 26.2. The molecule has 0 spiro atoms. The molecular formula is C97H89Cl2FIr5N16O8P4-6. The average molecular weight is 2780 g/mol. The predicted octanol–water partition coefficient (Wildman–Crippen LogP) is 15.4. The molecule has 133 heavy (non-hydrogen) atoms. The molecule has 5 radical (unpaired) electrons. The van der Waals surface area contributed by atoms with Crippen LogP contribution >= 0.6 is 46.7 Å². The van der Waals surface area contributed by atoms with E-state index in [0.717, 1.165) is 129 Å². The molecule has 0 aliphatic heterocycles. The number of carbonyl (C=O) groups excluding carboxylic acids is 2. The number of carbonyl (C=O) groups is 2. The molecule has 4 atom stereocenters. The van der Waals surface area contributed by atoms with Gasteiger partial charge in [0.15, 0.2) is 11.6 Å². The summed E-state index contributed by atoms with van der Waals surface area (Å²) in [5.41, 5.74) is 14.8. The minimum absolute atomic E-state index is 0. The molecule has 11 heterocycles. The summed E-state index contributed by atoms with van der Waals surface area (Å²) in [5.74, 6) is 3.05. The molecule has 0 saturated heterocycles. The zero-order chi connectivity index (χ0) is 90.6. The molecule has 36 heteroatoms. The number of nitrogens with zero attached hydrogens (tertiary/aromatic N) is 16. The van der Waals surface area contributed by atoms with Crippen LogP contribution in [-0.4, -0.2) is 108 Å². The number of aromatic nitrogens is 16. The van der Waals surface area contributed by atoms with Gasteiger partial charge in [0.1, 0.15) is 0 Å². The zero-order valence-electron chi connectivity index (χ0n) is 72.3. The van der Waals surface area contributed by atoms with E-state index in [-0.39, 0.29) is 142 Å². The third kappa shape index (κ3) is 41.6. The molecule has 3 N–H and O–H groups in total. The van der Waals surface area contributed by atoms with Crippen LogP contribution in [0.4, 0.5) is 4.39 Å². The second-order valence-corrected chi connectivity index (χ2v) is 31.1. The minimum Gasteiger partial charge on any atom is -0.512 e. The third-order valence-corrected chi connectivity index (χ3v) is 21.0. The maximum Gasteiger partial charge on any atom is 0.155 e. The van der Waals surface area contributed by atoms with Gasteiger partial charge in [0.2, 0.25) is 0 Å². The number of hydrogen-bond acceptors (Lipinski definition) is 19. The van der Waals surface area contributed by atoms with E-state index in [9.17, 15) is 14.0 Å². The number of imidazole rings is 5. The SMILES string of the molecule is CC(=O)C=C(C)O.CC(=O)C=C(C)O.CPc1ccccc1PC.CPc1ccccc1PC.Cl.Fc1c[c-]c(-c2ccccn2)cc1.[Ir].[Ir].[Ir].[Ir].[Ir].[O-][Cl+3]([O-])([O-])O.c1ccc(-c2nc3ccccc3[n-]2)nc1.c1ccc(-c2nc3ccccc3[n-]2)nc1.c1ccc(-c2nc3ccccc3[n-]2)nc1.c1ccc(-c2nc3ccccc3[n-]2)nc1.c1ccc(-c2nc3ccccc3[n-]2)nc1. The number of aliphatic hydroxyl groups is 2. The number of para-hydroxylation sites is 10. The number of allylic oxidation sites excluding steroid dienone is 4. The Kier molecular flexibility index (Phi) is 56.1. The topological polar surface area (TPSA) is 376 Å². The zero-order valence-corrected chi connectivity index (χ0v) is 89.8. The molecule has 8 aromatic carbocycles. The number of rotatable bonds is 12. The maximum absolute atomic E-state index is 12.6. The molecule has 0 aliphatic carbocycles. The number of hydrogen-bond donors (Lipinski definition) is 3. The molecule has 0 aliphatic rings. The number of aliphatic hydroxyl groups excluding tert-OH is 2. The monoisotopic (exact) mass is 2780 g/mol. The van der Waals surface area contributed by atoms with Crippen LogP contribution in [0, 0.1) is 22.1 Å². The normalized spacial score (nSPS) is 10.5. The van der Waals surface area contributed by atoms with E-state index in [1.807, 2.05) is 231 Å². The average Bonchev–Trinajstić information content (AvgIpc) is 1.70. The molecular weight excluding hydrogens is 2690 g/mol. The predicted molar refractivity (Wildman–Crippen MR) is 512 cm³/mol. The Balaban J connectivity index is 0.000000380. The van der Waals surface area contributed by atoms with Gasteiger partial charge >= 0.3 is 0 Å². The Labute approximate surface area is 853 Å². The number of ketones is 2. The standard InChI is InChI=1S/5C12H8N3.C11H7FN.2C8H12P2.2C5H8O2.ClHO4.ClH.5Ir/c5*1-2-6-10-9(5-1)14-12(15-10)11-7-3-4-8-13-11;12-10-6-4-9(5-7-10)11-3-1-2-8-13-11;2*1-9-7-5-3-4-6-8(7)10-2;2*1-4(6)3-5(2)7;2-1(3,4)5;;;;;;/h5*1-8H;1-4,6-8H;2*3-6,9-10H,1-2H3;2*3,6H,1-2H3;(H,2,3,4,5);1H;;;;;/q6*-1;;;;;;;;;;;. The van der Waals surface area contributed by atoms with Crippen molar-refractivity contribution in [3.63, 3.8) is 0 Å². The van der Waals surface area contributed by atoms with Crippen LogP contribution in [-0.2, 0) is 110 Å². The van der Waals surface area contributed by atoms with Crippen molar-refractivity contribution in [1.29, 1.82) is 0 Å². The Bertz CT molecular complexity index is 5660. The molecule has 19 aromatic rings. The Morgan fingerprint density at radius 2 is 0.519 bits per heavy atom. The van der Waals surface area contributed by atoms with Crippen molar-refractivity contribution in [3.05, 3.63) is 370 Å². The van der Waals surface area contributed by atoms with Gasteiger partial charge in [0, 0.05) is 156 Å². The minimum atomic E-state index is -4.69. The molecule has 0 amide bonds. The molecule has 24 nitrogen and oxygen atoms in total. The van der Waals surface area contributed by atoms with Gasteiger partial charge in [-0.05, 0) is 232 Å². The number of halogens is 3. The number of benzene rings is 8.